The highest BCUT2D eigenvalue weighted by atomic mass is 19.4. The zero-order valence-electron chi connectivity index (χ0n) is 17.9. The van der Waals surface area contributed by atoms with E-state index >= 15 is 0 Å². The van der Waals surface area contributed by atoms with Gasteiger partial charge in [0.2, 0.25) is 0 Å². The number of hydrogen-bond donors (Lipinski definition) is 1. The first-order valence-electron chi connectivity index (χ1n) is 9.88. The highest BCUT2D eigenvalue weighted by Gasteiger charge is 2.33. The number of halogens is 3. The molecular weight excluding hydrogens is 441 g/mol. The van der Waals surface area contributed by atoms with E-state index in [0.717, 1.165) is 23.4 Å². The van der Waals surface area contributed by atoms with Crippen molar-refractivity contribution in [3.05, 3.63) is 76.7 Å². The SMILES string of the molecule is Cc1noc(C)c1COc1ccc(CC(=O)OCC(=O)Nc2ccccc2C(F)(F)F)cc1. The molecule has 0 aliphatic heterocycles. The molecule has 0 unspecified atom stereocenters. The molecule has 2 aromatic carbocycles. The van der Waals surface area contributed by atoms with E-state index in [2.05, 4.69) is 10.5 Å². The van der Waals surface area contributed by atoms with Gasteiger partial charge in [0.25, 0.3) is 5.91 Å². The van der Waals surface area contributed by atoms with Crippen molar-refractivity contribution < 1.29 is 36.8 Å². The number of para-hydroxylation sites is 1. The lowest BCUT2D eigenvalue weighted by atomic mass is 10.1. The number of ether oxygens (including phenoxy) is 2. The summed E-state index contributed by atoms with van der Waals surface area (Å²) in [7, 11) is 0. The Bertz CT molecular complexity index is 1100. The quantitative estimate of drug-likeness (QED) is 0.492. The van der Waals surface area contributed by atoms with Gasteiger partial charge in [0, 0.05) is 0 Å². The first-order chi connectivity index (χ1) is 15.6. The summed E-state index contributed by atoms with van der Waals surface area (Å²) in [6, 6.07) is 11.3. The van der Waals surface area contributed by atoms with E-state index in [9.17, 15) is 22.8 Å². The Hall–Kier alpha value is -3.82. The molecule has 0 saturated heterocycles. The number of carbonyl (C=O) groups excluding carboxylic acids is 2. The molecule has 0 aliphatic carbocycles. The summed E-state index contributed by atoms with van der Waals surface area (Å²) >= 11 is 0. The number of esters is 1. The zero-order chi connectivity index (χ0) is 24.0. The van der Waals surface area contributed by atoms with Crippen molar-refractivity contribution in [1.29, 1.82) is 0 Å². The second-order valence-corrected chi connectivity index (χ2v) is 7.16. The Morgan fingerprint density at radius 1 is 1.06 bits per heavy atom. The summed E-state index contributed by atoms with van der Waals surface area (Å²) < 4.78 is 54.6. The van der Waals surface area contributed by atoms with Crippen molar-refractivity contribution in [2.45, 2.75) is 33.1 Å². The number of anilines is 1. The van der Waals surface area contributed by atoms with Gasteiger partial charge in [-0.15, -0.1) is 0 Å². The molecule has 1 N–H and O–H groups in total. The molecule has 0 saturated carbocycles. The summed E-state index contributed by atoms with van der Waals surface area (Å²) in [6.45, 7) is 3.20. The van der Waals surface area contributed by atoms with Crippen LogP contribution in [0.4, 0.5) is 18.9 Å². The third-order valence-corrected chi connectivity index (χ3v) is 4.71. The molecule has 1 amide bonds. The fourth-order valence-corrected chi connectivity index (χ4v) is 2.96. The normalized spacial score (nSPS) is 11.2. The molecule has 3 aromatic rings. The first kappa shape index (κ1) is 23.8. The van der Waals surface area contributed by atoms with Crippen LogP contribution in [0.15, 0.2) is 53.1 Å². The van der Waals surface area contributed by atoms with Gasteiger partial charge in [-0.05, 0) is 43.7 Å². The molecule has 0 aliphatic rings. The van der Waals surface area contributed by atoms with Gasteiger partial charge < -0.3 is 19.3 Å². The van der Waals surface area contributed by atoms with E-state index in [1.165, 1.54) is 12.1 Å². The molecule has 0 radical (unpaired) electrons. The predicted octanol–water partition coefficient (Wildman–Crippen LogP) is 4.61. The van der Waals surface area contributed by atoms with Crippen LogP contribution in [0, 0.1) is 13.8 Å². The average molecular weight is 462 g/mol. The lowest BCUT2D eigenvalue weighted by molar-refractivity contribution is -0.146. The molecular formula is C23H21F3N2O5. The largest absolute Gasteiger partial charge is 0.489 e. The molecule has 0 bridgehead atoms. The summed E-state index contributed by atoms with van der Waals surface area (Å²) in [5.41, 5.74) is 0.837. The van der Waals surface area contributed by atoms with Crippen LogP contribution in [0.25, 0.3) is 0 Å². The van der Waals surface area contributed by atoms with E-state index in [0.29, 0.717) is 17.1 Å². The van der Waals surface area contributed by atoms with Gasteiger partial charge >= 0.3 is 12.1 Å². The maximum Gasteiger partial charge on any atom is 0.418 e. The fourth-order valence-electron chi connectivity index (χ4n) is 2.96. The number of aryl methyl sites for hydroxylation is 2. The van der Waals surface area contributed by atoms with Crippen LogP contribution >= 0.6 is 0 Å². The van der Waals surface area contributed by atoms with E-state index < -0.39 is 35.9 Å². The number of amides is 1. The summed E-state index contributed by atoms with van der Waals surface area (Å²) in [4.78, 5) is 23.9. The lowest BCUT2D eigenvalue weighted by Crippen LogP contribution is -2.23. The number of carbonyl (C=O) groups is 2. The van der Waals surface area contributed by atoms with Gasteiger partial charge in [0.15, 0.2) is 6.61 Å². The summed E-state index contributed by atoms with van der Waals surface area (Å²) in [5, 5.41) is 5.97. The number of benzene rings is 2. The number of nitrogens with one attached hydrogen (secondary N) is 1. The number of nitrogens with zero attached hydrogens (tertiary/aromatic N) is 1. The van der Waals surface area contributed by atoms with Gasteiger partial charge in [0.05, 0.1) is 28.9 Å². The van der Waals surface area contributed by atoms with Crippen LogP contribution in [-0.4, -0.2) is 23.6 Å². The van der Waals surface area contributed by atoms with E-state index in [1.807, 2.05) is 6.92 Å². The van der Waals surface area contributed by atoms with Crippen LogP contribution in [0.1, 0.15) is 28.1 Å². The Balaban J connectivity index is 1.47. The zero-order valence-corrected chi connectivity index (χ0v) is 17.9. The van der Waals surface area contributed by atoms with E-state index in [-0.39, 0.29) is 13.0 Å². The Kier molecular flexibility index (Phi) is 7.37. The van der Waals surface area contributed by atoms with Crippen molar-refractivity contribution >= 4 is 17.6 Å². The molecule has 3 rings (SSSR count). The molecule has 0 spiro atoms. The first-order valence-corrected chi connectivity index (χ1v) is 9.88. The van der Waals surface area contributed by atoms with Crippen LogP contribution in [0.5, 0.6) is 5.75 Å². The molecule has 174 valence electrons. The van der Waals surface area contributed by atoms with E-state index in [4.69, 9.17) is 14.0 Å². The molecule has 0 atom stereocenters. The third kappa shape index (κ3) is 6.58. The van der Waals surface area contributed by atoms with Crippen molar-refractivity contribution in [2.24, 2.45) is 0 Å². The minimum atomic E-state index is -4.62. The molecule has 1 heterocycles. The number of alkyl halides is 3. The standard InChI is InChI=1S/C23H21F3N2O5/c1-14-18(15(2)33-28-14)12-31-17-9-7-16(8-10-17)11-22(30)32-13-21(29)27-20-6-4-3-5-19(20)23(24,25)26/h3-10H,11-13H2,1-2H3,(H,27,29). The minimum absolute atomic E-state index is 0.115. The number of rotatable bonds is 8. The molecule has 7 nitrogen and oxygen atoms in total. The molecule has 1 aromatic heterocycles. The predicted molar refractivity (Wildman–Crippen MR) is 111 cm³/mol. The monoisotopic (exact) mass is 462 g/mol. The molecule has 33 heavy (non-hydrogen) atoms. The second-order valence-electron chi connectivity index (χ2n) is 7.16. The Labute approximate surface area is 187 Å². The third-order valence-electron chi connectivity index (χ3n) is 4.71. The summed E-state index contributed by atoms with van der Waals surface area (Å²) in [6.07, 6.45) is -4.74. The maximum atomic E-state index is 13.0. The highest BCUT2D eigenvalue weighted by Crippen LogP contribution is 2.34. The van der Waals surface area contributed by atoms with Gasteiger partial charge in [0.1, 0.15) is 18.1 Å². The van der Waals surface area contributed by atoms with E-state index in [1.54, 1.807) is 31.2 Å². The maximum absolute atomic E-state index is 13.0. The fraction of sp³-hybridized carbons (Fsp3) is 0.261. The van der Waals surface area contributed by atoms with Crippen molar-refractivity contribution in [3.8, 4) is 5.75 Å². The van der Waals surface area contributed by atoms with Crippen molar-refractivity contribution in [1.82, 2.24) is 5.16 Å². The summed E-state index contributed by atoms with van der Waals surface area (Å²) in [5.74, 6) is -0.311. The Morgan fingerprint density at radius 3 is 2.39 bits per heavy atom. The van der Waals surface area contributed by atoms with Crippen LogP contribution in [0.3, 0.4) is 0 Å². The number of hydrogen-bond acceptors (Lipinski definition) is 6. The van der Waals surface area contributed by atoms with Crippen LogP contribution < -0.4 is 10.1 Å². The van der Waals surface area contributed by atoms with Crippen LogP contribution in [-0.2, 0) is 33.5 Å². The molecule has 0 fully saturated rings. The van der Waals surface area contributed by atoms with Gasteiger partial charge in [-0.25, -0.2) is 0 Å². The molecule has 10 heteroatoms. The van der Waals surface area contributed by atoms with Crippen molar-refractivity contribution in [2.75, 3.05) is 11.9 Å². The highest BCUT2D eigenvalue weighted by molar-refractivity contribution is 5.93. The van der Waals surface area contributed by atoms with Crippen molar-refractivity contribution in [3.63, 3.8) is 0 Å². The van der Waals surface area contributed by atoms with Gasteiger partial charge in [-0.1, -0.05) is 29.4 Å². The number of aromatic nitrogens is 1. The van der Waals surface area contributed by atoms with Gasteiger partial charge in [-0.2, -0.15) is 13.2 Å². The average Bonchev–Trinajstić information content (AvgIpc) is 3.09. The van der Waals surface area contributed by atoms with Gasteiger partial charge in [-0.3, -0.25) is 9.59 Å². The second kappa shape index (κ2) is 10.2. The topological polar surface area (TPSA) is 90.7 Å². The Morgan fingerprint density at radius 2 is 1.76 bits per heavy atom. The minimum Gasteiger partial charge on any atom is -0.489 e. The van der Waals surface area contributed by atoms with Crippen LogP contribution in [0.2, 0.25) is 0 Å². The lowest BCUT2D eigenvalue weighted by Gasteiger charge is -2.13. The smallest absolute Gasteiger partial charge is 0.418 e.